The van der Waals surface area contributed by atoms with Gasteiger partial charge in [-0.1, -0.05) is 11.6 Å². The van der Waals surface area contributed by atoms with Gasteiger partial charge in [0, 0.05) is 53.1 Å². The van der Waals surface area contributed by atoms with Crippen molar-refractivity contribution in [1.29, 1.82) is 0 Å². The summed E-state index contributed by atoms with van der Waals surface area (Å²) in [6.07, 6.45) is 3.58. The van der Waals surface area contributed by atoms with Crippen LogP contribution in [-0.2, 0) is 0 Å². The van der Waals surface area contributed by atoms with Crippen LogP contribution < -0.4 is 5.32 Å². The van der Waals surface area contributed by atoms with Gasteiger partial charge in [0.15, 0.2) is 5.82 Å². The van der Waals surface area contributed by atoms with Crippen molar-refractivity contribution in [3.8, 4) is 17.0 Å². The third-order valence-corrected chi connectivity index (χ3v) is 5.10. The van der Waals surface area contributed by atoms with Gasteiger partial charge in [0.25, 0.3) is 0 Å². The highest BCUT2D eigenvalue weighted by atomic mass is 35.5. The summed E-state index contributed by atoms with van der Waals surface area (Å²) in [6, 6.07) is 6.56. The standard InChI is InChI=1S/C19H17ClF2N4O/c20-12-1-2-14(16(27)7-12)17-13-4-6-23-10-15(13)18(26-25-17)24-9-11-3-5-19(21,22)8-11/h1-2,4,6-7,10-11,27H,3,5,8-9H2,(H,24,26)/t11-/m0/s1. The van der Waals surface area contributed by atoms with Crippen LogP contribution in [0.4, 0.5) is 14.6 Å². The minimum Gasteiger partial charge on any atom is -0.507 e. The Morgan fingerprint density at radius 2 is 2.07 bits per heavy atom. The average molecular weight is 391 g/mol. The fourth-order valence-corrected chi connectivity index (χ4v) is 3.66. The molecule has 3 aromatic rings. The fourth-order valence-electron chi connectivity index (χ4n) is 3.49. The third-order valence-electron chi connectivity index (χ3n) is 4.86. The van der Waals surface area contributed by atoms with E-state index in [0.29, 0.717) is 40.4 Å². The Morgan fingerprint density at radius 1 is 1.22 bits per heavy atom. The zero-order valence-corrected chi connectivity index (χ0v) is 15.0. The van der Waals surface area contributed by atoms with Crippen LogP contribution in [0.5, 0.6) is 5.75 Å². The van der Waals surface area contributed by atoms with Crippen LogP contribution in [-0.4, -0.2) is 32.8 Å². The Kier molecular flexibility index (Phi) is 4.55. The van der Waals surface area contributed by atoms with Crippen molar-refractivity contribution < 1.29 is 13.9 Å². The number of aromatic nitrogens is 3. The van der Waals surface area contributed by atoms with Crippen LogP contribution in [0.25, 0.3) is 22.0 Å². The minimum atomic E-state index is -2.57. The topological polar surface area (TPSA) is 70.9 Å². The number of pyridine rings is 1. The Bertz CT molecular complexity index is 999. The molecule has 0 radical (unpaired) electrons. The van der Waals surface area contributed by atoms with Crippen molar-refractivity contribution >= 4 is 28.2 Å². The molecule has 1 aliphatic carbocycles. The Labute approximate surface area is 159 Å². The van der Waals surface area contributed by atoms with Crippen molar-refractivity contribution in [3.05, 3.63) is 41.7 Å². The fraction of sp³-hybridized carbons (Fsp3) is 0.316. The molecule has 1 atom stereocenters. The molecule has 8 heteroatoms. The van der Waals surface area contributed by atoms with Crippen LogP contribution >= 0.6 is 11.6 Å². The van der Waals surface area contributed by atoms with Crippen LogP contribution in [0.1, 0.15) is 19.3 Å². The molecule has 0 spiro atoms. The molecular formula is C19H17ClF2N4O. The second-order valence-corrected chi connectivity index (χ2v) is 7.26. The van der Waals surface area contributed by atoms with E-state index in [-0.39, 0.29) is 24.5 Å². The van der Waals surface area contributed by atoms with Gasteiger partial charge < -0.3 is 10.4 Å². The van der Waals surface area contributed by atoms with Crippen molar-refractivity contribution in [3.63, 3.8) is 0 Å². The first kappa shape index (κ1) is 17.9. The maximum atomic E-state index is 13.4. The summed E-state index contributed by atoms with van der Waals surface area (Å²) in [5.41, 5.74) is 1.00. The normalized spacial score (nSPS) is 18.7. The first-order valence-electron chi connectivity index (χ1n) is 8.64. The number of hydrogen-bond acceptors (Lipinski definition) is 5. The van der Waals surface area contributed by atoms with Crippen molar-refractivity contribution in [2.75, 3.05) is 11.9 Å². The number of nitrogens with one attached hydrogen (secondary N) is 1. The highest BCUT2D eigenvalue weighted by molar-refractivity contribution is 6.30. The largest absolute Gasteiger partial charge is 0.507 e. The van der Waals surface area contributed by atoms with E-state index in [1.165, 1.54) is 6.07 Å². The first-order valence-corrected chi connectivity index (χ1v) is 9.02. The Hall–Kier alpha value is -2.54. The first-order chi connectivity index (χ1) is 12.9. The molecule has 27 heavy (non-hydrogen) atoms. The number of phenolic OH excluding ortho intramolecular Hbond substituents is 1. The lowest BCUT2D eigenvalue weighted by atomic mass is 10.0. The van der Waals surface area contributed by atoms with Gasteiger partial charge in [-0.15, -0.1) is 10.2 Å². The van der Waals surface area contributed by atoms with Crippen molar-refractivity contribution in [1.82, 2.24) is 15.2 Å². The summed E-state index contributed by atoms with van der Waals surface area (Å²) in [4.78, 5) is 4.14. The van der Waals surface area contributed by atoms with Gasteiger partial charge in [-0.25, -0.2) is 8.78 Å². The number of aromatic hydroxyl groups is 1. The molecule has 2 heterocycles. The Morgan fingerprint density at radius 3 is 2.81 bits per heavy atom. The summed E-state index contributed by atoms with van der Waals surface area (Å²) >= 11 is 5.90. The van der Waals surface area contributed by atoms with E-state index in [9.17, 15) is 13.9 Å². The van der Waals surface area contributed by atoms with Gasteiger partial charge >= 0.3 is 0 Å². The number of anilines is 1. The summed E-state index contributed by atoms with van der Waals surface area (Å²) in [6.45, 7) is 0.403. The van der Waals surface area contributed by atoms with E-state index in [1.54, 1.807) is 30.6 Å². The summed E-state index contributed by atoms with van der Waals surface area (Å²) in [5, 5.41) is 23.7. The molecule has 0 aliphatic heterocycles. The molecule has 2 N–H and O–H groups in total. The molecule has 1 aromatic carbocycles. The smallest absolute Gasteiger partial charge is 0.248 e. The highest BCUT2D eigenvalue weighted by Crippen LogP contribution is 2.39. The van der Waals surface area contributed by atoms with E-state index >= 15 is 0 Å². The third kappa shape index (κ3) is 3.64. The predicted molar refractivity (Wildman–Crippen MR) is 100 cm³/mol. The van der Waals surface area contributed by atoms with Gasteiger partial charge in [0.2, 0.25) is 5.92 Å². The molecule has 0 bridgehead atoms. The minimum absolute atomic E-state index is 0.00353. The molecule has 4 rings (SSSR count). The zero-order valence-electron chi connectivity index (χ0n) is 14.3. The number of halogens is 3. The van der Waals surface area contributed by atoms with E-state index in [2.05, 4.69) is 20.5 Å². The van der Waals surface area contributed by atoms with Crippen LogP contribution in [0.3, 0.4) is 0 Å². The Balaban J connectivity index is 1.66. The number of benzene rings is 1. The number of fused-ring (bicyclic) bond motifs is 1. The molecular weight excluding hydrogens is 374 g/mol. The van der Waals surface area contributed by atoms with Crippen molar-refractivity contribution in [2.45, 2.75) is 25.2 Å². The van der Waals surface area contributed by atoms with Crippen molar-refractivity contribution in [2.24, 2.45) is 5.92 Å². The molecule has 1 aliphatic rings. The van der Waals surface area contributed by atoms with Gasteiger partial charge in [-0.3, -0.25) is 4.98 Å². The van der Waals surface area contributed by atoms with E-state index in [0.717, 1.165) is 5.39 Å². The van der Waals surface area contributed by atoms with Gasteiger partial charge in [-0.05, 0) is 36.6 Å². The lowest BCUT2D eigenvalue weighted by molar-refractivity contribution is 0.00556. The second-order valence-electron chi connectivity index (χ2n) is 6.83. The summed E-state index contributed by atoms with van der Waals surface area (Å²) in [5.74, 6) is -2.18. The molecule has 1 saturated carbocycles. The molecule has 0 unspecified atom stereocenters. The predicted octanol–water partition coefficient (Wildman–Crippen LogP) is 4.90. The van der Waals surface area contributed by atoms with Crippen LogP contribution in [0.15, 0.2) is 36.7 Å². The van der Waals surface area contributed by atoms with Crippen LogP contribution in [0, 0.1) is 5.92 Å². The van der Waals surface area contributed by atoms with E-state index < -0.39 is 5.92 Å². The zero-order chi connectivity index (χ0) is 19.0. The van der Waals surface area contributed by atoms with E-state index in [4.69, 9.17) is 11.6 Å². The number of phenols is 1. The van der Waals surface area contributed by atoms with Crippen LogP contribution in [0.2, 0.25) is 5.02 Å². The second kappa shape index (κ2) is 6.88. The maximum absolute atomic E-state index is 13.4. The quantitative estimate of drug-likeness (QED) is 0.663. The van der Waals surface area contributed by atoms with E-state index in [1.807, 2.05) is 0 Å². The highest BCUT2D eigenvalue weighted by Gasteiger charge is 2.39. The van der Waals surface area contributed by atoms with Gasteiger partial charge in [0.1, 0.15) is 11.4 Å². The molecule has 140 valence electrons. The van der Waals surface area contributed by atoms with Gasteiger partial charge in [0.05, 0.1) is 0 Å². The number of hydrogen-bond donors (Lipinski definition) is 2. The SMILES string of the molecule is Oc1cc(Cl)ccc1-c1nnc(NC[C@H]2CCC(F)(F)C2)c2cnccc12. The molecule has 1 fully saturated rings. The molecule has 0 saturated heterocycles. The average Bonchev–Trinajstić information content (AvgIpc) is 2.99. The molecule has 2 aromatic heterocycles. The summed E-state index contributed by atoms with van der Waals surface area (Å²) in [7, 11) is 0. The number of nitrogens with zero attached hydrogens (tertiary/aromatic N) is 3. The molecule has 5 nitrogen and oxygen atoms in total. The lowest BCUT2D eigenvalue weighted by Crippen LogP contribution is -2.16. The summed E-state index contributed by atoms with van der Waals surface area (Å²) < 4.78 is 26.8. The lowest BCUT2D eigenvalue weighted by Gasteiger charge is -2.14. The molecule has 0 amide bonds. The number of alkyl halides is 2. The maximum Gasteiger partial charge on any atom is 0.248 e. The van der Waals surface area contributed by atoms with Gasteiger partial charge in [-0.2, -0.15) is 0 Å². The monoisotopic (exact) mass is 390 g/mol. The number of rotatable bonds is 4.